The lowest BCUT2D eigenvalue weighted by Gasteiger charge is -2.21. The Hall–Kier alpha value is -0.960. The van der Waals surface area contributed by atoms with E-state index in [0.29, 0.717) is 5.69 Å². The summed E-state index contributed by atoms with van der Waals surface area (Å²) in [6.45, 7) is 2.91. The summed E-state index contributed by atoms with van der Waals surface area (Å²) < 4.78 is 13.7. The van der Waals surface area contributed by atoms with Crippen LogP contribution in [-0.4, -0.2) is 11.5 Å². The second kappa shape index (κ2) is 6.10. The molecule has 1 aromatic rings. The number of nitrogens with one attached hydrogen (secondary N) is 1. The highest BCUT2D eigenvalue weighted by Gasteiger charge is 2.23. The zero-order valence-corrected chi connectivity index (χ0v) is 10.5. The van der Waals surface area contributed by atoms with Gasteiger partial charge < -0.3 is 5.32 Å². The van der Waals surface area contributed by atoms with Crippen molar-refractivity contribution in [2.75, 3.05) is 6.54 Å². The fourth-order valence-corrected chi connectivity index (χ4v) is 2.77. The van der Waals surface area contributed by atoms with Crippen molar-refractivity contribution in [3.8, 4) is 0 Å². The normalized spacial score (nSPS) is 18.5. The first kappa shape index (κ1) is 12.5. The third-order valence-corrected chi connectivity index (χ3v) is 3.61. The van der Waals surface area contributed by atoms with Gasteiger partial charge >= 0.3 is 0 Å². The predicted molar refractivity (Wildman–Crippen MR) is 67.2 cm³/mol. The average molecular weight is 236 g/mol. The van der Waals surface area contributed by atoms with Crippen molar-refractivity contribution >= 4 is 0 Å². The highest BCUT2D eigenvalue weighted by molar-refractivity contribution is 5.12. The number of pyridine rings is 1. The molecule has 0 saturated heterocycles. The lowest BCUT2D eigenvalue weighted by molar-refractivity contribution is 0.383. The van der Waals surface area contributed by atoms with Crippen LogP contribution in [0.2, 0.25) is 0 Å². The fraction of sp³-hybridized carbons (Fsp3) is 0.643. The summed E-state index contributed by atoms with van der Waals surface area (Å²) in [7, 11) is 0. The lowest BCUT2D eigenvalue weighted by atomic mass is 9.96. The molecule has 2 nitrogen and oxygen atoms in total. The number of halogens is 1. The van der Waals surface area contributed by atoms with Crippen molar-refractivity contribution < 1.29 is 4.39 Å². The molecule has 94 valence electrons. The highest BCUT2D eigenvalue weighted by Crippen LogP contribution is 2.32. The van der Waals surface area contributed by atoms with Crippen LogP contribution in [0.15, 0.2) is 18.3 Å². The highest BCUT2D eigenvalue weighted by atomic mass is 19.1. The largest absolute Gasteiger partial charge is 0.309 e. The summed E-state index contributed by atoms with van der Waals surface area (Å²) in [5.41, 5.74) is 0.584. The Morgan fingerprint density at radius 1 is 1.47 bits per heavy atom. The number of hydrogen-bond donors (Lipinski definition) is 1. The molecule has 1 aliphatic carbocycles. The van der Waals surface area contributed by atoms with Gasteiger partial charge in [0.2, 0.25) is 0 Å². The van der Waals surface area contributed by atoms with E-state index < -0.39 is 0 Å². The van der Waals surface area contributed by atoms with Crippen molar-refractivity contribution in [2.24, 2.45) is 5.92 Å². The van der Waals surface area contributed by atoms with E-state index in [4.69, 9.17) is 0 Å². The molecule has 1 atom stereocenters. The maximum Gasteiger partial charge on any atom is 0.146 e. The van der Waals surface area contributed by atoms with Crippen LogP contribution in [0.4, 0.5) is 4.39 Å². The van der Waals surface area contributed by atoms with E-state index in [1.807, 2.05) is 0 Å². The van der Waals surface area contributed by atoms with E-state index in [0.717, 1.165) is 18.9 Å². The van der Waals surface area contributed by atoms with Gasteiger partial charge in [-0.05, 0) is 31.0 Å². The van der Waals surface area contributed by atoms with Crippen LogP contribution in [0.1, 0.15) is 50.8 Å². The van der Waals surface area contributed by atoms with E-state index in [2.05, 4.69) is 17.2 Å². The van der Waals surface area contributed by atoms with Crippen LogP contribution in [0.5, 0.6) is 0 Å². The standard InChI is InChI=1S/C14H21FN2/c1-2-16-13(10-11-6-3-4-7-11)14-12(15)8-5-9-17-14/h5,8-9,11,13,16H,2-4,6-7,10H2,1H3. The Kier molecular flexibility index (Phi) is 4.49. The monoisotopic (exact) mass is 236 g/mol. The van der Waals surface area contributed by atoms with Crippen LogP contribution < -0.4 is 5.32 Å². The van der Waals surface area contributed by atoms with Gasteiger partial charge in [-0.15, -0.1) is 0 Å². The first-order valence-electron chi connectivity index (χ1n) is 6.65. The number of nitrogens with zero attached hydrogens (tertiary/aromatic N) is 1. The van der Waals surface area contributed by atoms with Gasteiger partial charge in [0.15, 0.2) is 0 Å². The van der Waals surface area contributed by atoms with Gasteiger partial charge in [-0.2, -0.15) is 0 Å². The molecule has 1 N–H and O–H groups in total. The maximum absolute atomic E-state index is 13.7. The molecular formula is C14H21FN2. The Labute approximate surface area is 103 Å². The number of aromatic nitrogens is 1. The number of rotatable bonds is 5. The number of hydrogen-bond acceptors (Lipinski definition) is 2. The van der Waals surface area contributed by atoms with Gasteiger partial charge in [0.1, 0.15) is 5.82 Å². The first-order valence-corrected chi connectivity index (χ1v) is 6.65. The maximum atomic E-state index is 13.7. The van der Waals surface area contributed by atoms with Gasteiger partial charge in [-0.3, -0.25) is 4.98 Å². The molecule has 1 heterocycles. The molecular weight excluding hydrogens is 215 g/mol. The third-order valence-electron chi connectivity index (χ3n) is 3.61. The average Bonchev–Trinajstić information content (AvgIpc) is 2.82. The van der Waals surface area contributed by atoms with Crippen molar-refractivity contribution in [3.05, 3.63) is 29.8 Å². The lowest BCUT2D eigenvalue weighted by Crippen LogP contribution is -2.24. The summed E-state index contributed by atoms with van der Waals surface area (Å²) in [4.78, 5) is 4.20. The Morgan fingerprint density at radius 3 is 2.88 bits per heavy atom. The first-order chi connectivity index (χ1) is 8.31. The smallest absolute Gasteiger partial charge is 0.146 e. The SMILES string of the molecule is CCNC(CC1CCCC1)c1ncccc1F. The van der Waals surface area contributed by atoms with Crippen molar-refractivity contribution in [1.29, 1.82) is 0 Å². The van der Waals surface area contributed by atoms with E-state index >= 15 is 0 Å². The van der Waals surface area contributed by atoms with Gasteiger partial charge in [0.25, 0.3) is 0 Å². The van der Waals surface area contributed by atoms with Gasteiger partial charge in [0, 0.05) is 6.20 Å². The summed E-state index contributed by atoms with van der Waals surface area (Å²) in [5.74, 6) is 0.553. The minimum Gasteiger partial charge on any atom is -0.309 e. The zero-order chi connectivity index (χ0) is 12.1. The topological polar surface area (TPSA) is 24.9 Å². The predicted octanol–water partition coefficient (Wildman–Crippen LogP) is 3.45. The molecule has 0 spiro atoms. The second-order valence-electron chi connectivity index (χ2n) is 4.87. The quantitative estimate of drug-likeness (QED) is 0.847. The molecule has 1 fully saturated rings. The minimum absolute atomic E-state index is 0.0734. The second-order valence-corrected chi connectivity index (χ2v) is 4.87. The minimum atomic E-state index is -0.184. The van der Waals surface area contributed by atoms with Crippen LogP contribution in [0, 0.1) is 11.7 Å². The van der Waals surface area contributed by atoms with Crippen LogP contribution in [-0.2, 0) is 0 Å². The molecule has 0 aromatic carbocycles. The molecule has 17 heavy (non-hydrogen) atoms. The molecule has 0 radical (unpaired) electrons. The van der Waals surface area contributed by atoms with Crippen LogP contribution in [0.3, 0.4) is 0 Å². The van der Waals surface area contributed by atoms with E-state index in [9.17, 15) is 4.39 Å². The van der Waals surface area contributed by atoms with Crippen molar-refractivity contribution in [1.82, 2.24) is 10.3 Å². The summed E-state index contributed by atoms with van der Waals surface area (Å²) in [6, 6.07) is 3.22. The molecule has 1 unspecified atom stereocenters. The molecule has 0 amide bonds. The molecule has 1 aliphatic rings. The zero-order valence-electron chi connectivity index (χ0n) is 10.5. The van der Waals surface area contributed by atoms with Gasteiger partial charge in [0.05, 0.1) is 11.7 Å². The van der Waals surface area contributed by atoms with E-state index in [1.54, 1.807) is 12.3 Å². The molecule has 2 rings (SSSR count). The van der Waals surface area contributed by atoms with Crippen molar-refractivity contribution in [3.63, 3.8) is 0 Å². The summed E-state index contributed by atoms with van der Waals surface area (Å²) in [5, 5.41) is 3.36. The van der Waals surface area contributed by atoms with E-state index in [1.165, 1.54) is 31.7 Å². The van der Waals surface area contributed by atoms with Crippen LogP contribution in [0.25, 0.3) is 0 Å². The molecule has 3 heteroatoms. The van der Waals surface area contributed by atoms with Gasteiger partial charge in [-0.25, -0.2) is 4.39 Å². The fourth-order valence-electron chi connectivity index (χ4n) is 2.77. The molecule has 0 aliphatic heterocycles. The summed E-state index contributed by atoms with van der Waals surface area (Å²) >= 11 is 0. The Bertz CT molecular complexity index is 348. The summed E-state index contributed by atoms with van der Waals surface area (Å²) in [6.07, 6.45) is 7.92. The Balaban J connectivity index is 2.08. The van der Waals surface area contributed by atoms with E-state index in [-0.39, 0.29) is 11.9 Å². The third kappa shape index (κ3) is 3.25. The van der Waals surface area contributed by atoms with Crippen LogP contribution >= 0.6 is 0 Å². The molecule has 0 bridgehead atoms. The van der Waals surface area contributed by atoms with Crippen molar-refractivity contribution in [2.45, 2.75) is 45.1 Å². The molecule has 1 aromatic heterocycles. The van der Waals surface area contributed by atoms with Gasteiger partial charge in [-0.1, -0.05) is 32.6 Å². The molecule has 1 saturated carbocycles. The Morgan fingerprint density at radius 2 is 2.24 bits per heavy atom.